The number of benzene rings is 1. The SMILES string of the molecule is C=C1C(=O)CCC2C1(C)C(OC(=O)c1cccnc1)C(OC(=O)c1ccccc1)C(C)(O)C2(C)C=CC1=CC(=O)OC1. The number of carbonyl (C=O) groups excluding carboxylic acids is 4. The van der Waals surface area contributed by atoms with Gasteiger partial charge < -0.3 is 19.3 Å². The van der Waals surface area contributed by atoms with E-state index >= 15 is 0 Å². The lowest BCUT2D eigenvalue weighted by Gasteiger charge is -2.64. The number of cyclic esters (lactones) is 1. The van der Waals surface area contributed by atoms with Gasteiger partial charge in [-0.15, -0.1) is 0 Å². The molecule has 2 heterocycles. The minimum absolute atomic E-state index is 0.0818. The van der Waals surface area contributed by atoms with Gasteiger partial charge in [0.25, 0.3) is 0 Å². The topological polar surface area (TPSA) is 129 Å². The normalized spacial score (nSPS) is 32.6. The van der Waals surface area contributed by atoms with Crippen LogP contribution in [0.5, 0.6) is 0 Å². The van der Waals surface area contributed by atoms with E-state index in [2.05, 4.69) is 11.6 Å². The van der Waals surface area contributed by atoms with Gasteiger partial charge in [-0.25, -0.2) is 14.4 Å². The molecule has 2 aromatic rings. The number of rotatable bonds is 6. The van der Waals surface area contributed by atoms with Crippen LogP contribution in [0.3, 0.4) is 0 Å². The summed E-state index contributed by atoms with van der Waals surface area (Å²) >= 11 is 0. The van der Waals surface area contributed by atoms with Gasteiger partial charge in [0.2, 0.25) is 0 Å². The molecule has 2 saturated carbocycles. The highest BCUT2D eigenvalue weighted by Gasteiger charge is 2.71. The van der Waals surface area contributed by atoms with Crippen LogP contribution in [0.25, 0.3) is 0 Å². The third kappa shape index (κ3) is 4.77. The highest BCUT2D eigenvalue weighted by Crippen LogP contribution is 2.64. The Kier molecular flexibility index (Phi) is 7.49. The van der Waals surface area contributed by atoms with Gasteiger partial charge in [-0.05, 0) is 54.7 Å². The lowest BCUT2D eigenvalue weighted by molar-refractivity contribution is -0.251. The number of aliphatic hydroxyl groups is 1. The summed E-state index contributed by atoms with van der Waals surface area (Å²) in [5.74, 6) is -2.63. The Morgan fingerprint density at radius 3 is 2.33 bits per heavy atom. The lowest BCUT2D eigenvalue weighted by Crippen LogP contribution is -2.73. The number of Topliss-reactive ketones (excluding diaryl/α,β-unsaturated/α-hetero) is 1. The average Bonchev–Trinajstić information content (AvgIpc) is 3.41. The van der Waals surface area contributed by atoms with Crippen LogP contribution < -0.4 is 0 Å². The molecular weight excluding hydrogens is 538 g/mol. The van der Waals surface area contributed by atoms with Crippen molar-refractivity contribution in [2.45, 2.75) is 51.4 Å². The summed E-state index contributed by atoms with van der Waals surface area (Å²) in [6.07, 6.45) is 5.52. The van der Waals surface area contributed by atoms with E-state index in [4.69, 9.17) is 14.2 Å². The molecule has 9 nitrogen and oxygen atoms in total. The monoisotopic (exact) mass is 571 g/mol. The molecule has 9 heteroatoms. The number of hydrogen-bond acceptors (Lipinski definition) is 9. The van der Waals surface area contributed by atoms with Gasteiger partial charge in [-0.1, -0.05) is 50.8 Å². The van der Waals surface area contributed by atoms with Crippen molar-refractivity contribution >= 4 is 23.7 Å². The smallest absolute Gasteiger partial charge is 0.340 e. The number of pyridine rings is 1. The maximum Gasteiger partial charge on any atom is 0.340 e. The summed E-state index contributed by atoms with van der Waals surface area (Å²) in [5.41, 5.74) is -3.01. The van der Waals surface area contributed by atoms with E-state index in [0.717, 1.165) is 0 Å². The van der Waals surface area contributed by atoms with Crippen molar-refractivity contribution in [1.29, 1.82) is 0 Å². The van der Waals surface area contributed by atoms with Crippen molar-refractivity contribution in [1.82, 2.24) is 4.98 Å². The predicted octanol–water partition coefficient (Wildman–Crippen LogP) is 4.18. The van der Waals surface area contributed by atoms with E-state index in [1.165, 1.54) is 31.5 Å². The predicted molar refractivity (Wildman–Crippen MR) is 151 cm³/mol. The molecule has 2 aliphatic carbocycles. The van der Waals surface area contributed by atoms with E-state index in [1.54, 1.807) is 55.5 Å². The first-order chi connectivity index (χ1) is 19.9. The molecule has 1 N–H and O–H groups in total. The van der Waals surface area contributed by atoms with Crippen LogP contribution >= 0.6 is 0 Å². The van der Waals surface area contributed by atoms with Crippen LogP contribution in [0.15, 0.2) is 90.8 Å². The first-order valence-corrected chi connectivity index (χ1v) is 13.8. The number of ether oxygens (including phenoxy) is 3. The Morgan fingerprint density at radius 2 is 1.69 bits per heavy atom. The third-order valence-electron chi connectivity index (χ3n) is 9.31. The molecule has 42 heavy (non-hydrogen) atoms. The Bertz CT molecular complexity index is 1490. The summed E-state index contributed by atoms with van der Waals surface area (Å²) in [4.78, 5) is 55.8. The first kappa shape index (κ1) is 29.1. The van der Waals surface area contributed by atoms with Crippen molar-refractivity contribution in [2.75, 3.05) is 6.61 Å². The number of ketones is 1. The molecule has 6 atom stereocenters. The molecule has 2 fully saturated rings. The number of hydrogen-bond donors (Lipinski definition) is 1. The third-order valence-corrected chi connectivity index (χ3v) is 9.31. The van der Waals surface area contributed by atoms with Gasteiger partial charge in [-0.3, -0.25) is 9.78 Å². The van der Waals surface area contributed by atoms with Crippen molar-refractivity contribution in [3.05, 3.63) is 102 Å². The maximum atomic E-state index is 13.5. The van der Waals surface area contributed by atoms with Gasteiger partial charge in [0, 0.05) is 35.7 Å². The van der Waals surface area contributed by atoms with Crippen LogP contribution in [0, 0.1) is 16.7 Å². The Labute approximate surface area is 243 Å². The largest absolute Gasteiger partial charge is 0.458 e. The molecule has 0 radical (unpaired) electrons. The van der Waals surface area contributed by atoms with E-state index in [1.807, 2.05) is 6.92 Å². The van der Waals surface area contributed by atoms with E-state index in [9.17, 15) is 24.3 Å². The molecule has 218 valence electrons. The number of fused-ring (bicyclic) bond motifs is 1. The van der Waals surface area contributed by atoms with Crippen molar-refractivity contribution in [3.8, 4) is 0 Å². The molecule has 6 unspecified atom stereocenters. The molecule has 1 aromatic carbocycles. The lowest BCUT2D eigenvalue weighted by atomic mass is 9.43. The van der Waals surface area contributed by atoms with Crippen molar-refractivity contribution in [2.24, 2.45) is 16.7 Å². The van der Waals surface area contributed by atoms with Gasteiger partial charge in [-0.2, -0.15) is 0 Å². The van der Waals surface area contributed by atoms with Gasteiger partial charge in [0.1, 0.15) is 12.2 Å². The second-order valence-electron chi connectivity index (χ2n) is 11.6. The van der Waals surface area contributed by atoms with Crippen LogP contribution in [0.2, 0.25) is 0 Å². The first-order valence-electron chi connectivity index (χ1n) is 13.8. The van der Waals surface area contributed by atoms with E-state index in [0.29, 0.717) is 12.0 Å². The Balaban J connectivity index is 1.66. The quantitative estimate of drug-likeness (QED) is 0.308. The molecular formula is C33H33NO8. The van der Waals surface area contributed by atoms with E-state index < -0.39 is 52.5 Å². The maximum absolute atomic E-state index is 13.5. The summed E-state index contributed by atoms with van der Waals surface area (Å²) in [6.45, 7) is 9.34. The number of aromatic nitrogens is 1. The fourth-order valence-electron chi connectivity index (χ4n) is 6.63. The highest BCUT2D eigenvalue weighted by atomic mass is 16.6. The zero-order valence-corrected chi connectivity index (χ0v) is 23.7. The summed E-state index contributed by atoms with van der Waals surface area (Å²) in [7, 11) is 0. The minimum Gasteiger partial charge on any atom is -0.458 e. The standard InChI is InChI=1S/C33H33NO8/c1-20-24(35)12-13-25-31(2,15-14-21-17-26(36)40-19-21)33(4,39)28(42-29(37)22-9-6-5-7-10-22)27(32(20,25)3)41-30(38)23-11-8-16-34-18-23/h5-11,14-18,25,27-28,39H,1,12-13,19H2,2-4H3. The average molecular weight is 572 g/mol. The van der Waals surface area contributed by atoms with Crippen LogP contribution in [-0.4, -0.2) is 58.2 Å². The van der Waals surface area contributed by atoms with Gasteiger partial charge >= 0.3 is 17.9 Å². The molecule has 0 spiro atoms. The molecule has 5 rings (SSSR count). The second kappa shape index (κ2) is 10.8. The van der Waals surface area contributed by atoms with Crippen LogP contribution in [0.1, 0.15) is 54.3 Å². The highest BCUT2D eigenvalue weighted by molar-refractivity contribution is 5.97. The number of nitrogens with zero attached hydrogens (tertiary/aromatic N) is 1. The summed E-state index contributed by atoms with van der Waals surface area (Å²) in [6, 6.07) is 11.4. The fraction of sp³-hybridized carbons (Fsp3) is 0.364. The molecule has 1 aliphatic heterocycles. The van der Waals surface area contributed by atoms with Crippen molar-refractivity contribution < 1.29 is 38.5 Å². The summed E-state index contributed by atoms with van der Waals surface area (Å²) in [5, 5.41) is 12.5. The fourth-order valence-corrected chi connectivity index (χ4v) is 6.63. The van der Waals surface area contributed by atoms with Gasteiger partial charge in [0.05, 0.1) is 11.1 Å². The number of esters is 3. The Morgan fingerprint density at radius 1 is 1.02 bits per heavy atom. The molecule has 0 bridgehead atoms. The molecule has 3 aliphatic rings. The minimum atomic E-state index is -1.83. The van der Waals surface area contributed by atoms with Crippen LogP contribution in [-0.2, 0) is 23.8 Å². The molecule has 0 saturated heterocycles. The van der Waals surface area contributed by atoms with Crippen molar-refractivity contribution in [3.63, 3.8) is 0 Å². The molecule has 0 amide bonds. The zero-order valence-electron chi connectivity index (χ0n) is 23.7. The second-order valence-corrected chi connectivity index (χ2v) is 11.6. The Hall–Kier alpha value is -4.37. The zero-order chi connectivity index (χ0) is 30.3. The van der Waals surface area contributed by atoms with E-state index in [-0.39, 0.29) is 35.5 Å². The summed E-state index contributed by atoms with van der Waals surface area (Å²) < 4.78 is 17.2. The number of carbonyl (C=O) groups is 4. The molecule has 1 aromatic heterocycles. The van der Waals surface area contributed by atoms with Gasteiger partial charge in [0.15, 0.2) is 18.0 Å². The van der Waals surface area contributed by atoms with Crippen LogP contribution in [0.4, 0.5) is 0 Å².